The van der Waals surface area contributed by atoms with Crippen LogP contribution in [-0.4, -0.2) is 0 Å². The predicted molar refractivity (Wildman–Crippen MR) is 210 cm³/mol. The van der Waals surface area contributed by atoms with E-state index < -0.39 is 0 Å². The fourth-order valence-corrected chi connectivity index (χ4v) is 8.95. The molecule has 8 aromatic rings. The first kappa shape index (κ1) is 29.4. The fourth-order valence-electron chi connectivity index (χ4n) is 7.55. The summed E-state index contributed by atoms with van der Waals surface area (Å²) in [4.78, 5) is 3.81. The highest BCUT2D eigenvalue weighted by Gasteiger charge is 2.39. The Bertz CT molecular complexity index is 2420. The maximum Gasteiger partial charge on any atom is 0.0465 e. The van der Waals surface area contributed by atoms with Crippen LogP contribution in [0.25, 0.3) is 53.9 Å². The molecule has 1 aromatic heterocycles. The zero-order valence-electron chi connectivity index (χ0n) is 27.6. The van der Waals surface area contributed by atoms with Crippen molar-refractivity contribution in [3.05, 3.63) is 187 Å². The van der Waals surface area contributed by atoms with Gasteiger partial charge in [-0.15, -0.1) is 11.3 Å². The summed E-state index contributed by atoms with van der Waals surface area (Å²) in [6, 6.07) is 64.0. The number of nitrogens with zero attached hydrogens (tertiary/aromatic N) is 1. The molecule has 9 rings (SSSR count). The highest BCUT2D eigenvalue weighted by Crippen LogP contribution is 2.56. The number of thiophene rings is 1. The van der Waals surface area contributed by atoms with Crippen molar-refractivity contribution in [1.82, 2.24) is 0 Å². The molecule has 1 nitrogen and oxygen atoms in total. The van der Waals surface area contributed by atoms with Crippen LogP contribution in [0.3, 0.4) is 0 Å². The summed E-state index contributed by atoms with van der Waals surface area (Å²) in [7, 11) is 0. The molecule has 0 unspecified atom stereocenters. The van der Waals surface area contributed by atoms with Crippen molar-refractivity contribution in [3.63, 3.8) is 0 Å². The van der Waals surface area contributed by atoms with Crippen molar-refractivity contribution >= 4 is 38.5 Å². The van der Waals surface area contributed by atoms with Gasteiger partial charge in [0.25, 0.3) is 0 Å². The van der Waals surface area contributed by atoms with E-state index in [0.29, 0.717) is 0 Å². The van der Waals surface area contributed by atoms with Crippen LogP contribution < -0.4 is 4.90 Å². The summed E-state index contributed by atoms with van der Waals surface area (Å²) in [5, 5.41) is 1.38. The third-order valence-corrected chi connectivity index (χ3v) is 11.3. The molecule has 0 atom stereocenters. The SMILES string of the molecule is CC1(C)c2cc(N(c3ccc(-c4ccccc4)cc3)c3ccc(-c4ccc(-c5ccccc5)cc4)cc3)ccc2-c2sc3ccccc3c21. The van der Waals surface area contributed by atoms with Gasteiger partial charge >= 0.3 is 0 Å². The molecule has 2 heteroatoms. The fraction of sp³-hybridized carbons (Fsp3) is 0.0638. The molecule has 0 radical (unpaired) electrons. The van der Waals surface area contributed by atoms with E-state index in [1.165, 1.54) is 70.7 Å². The van der Waals surface area contributed by atoms with E-state index in [0.717, 1.165) is 11.4 Å². The average Bonchev–Trinajstić information content (AvgIpc) is 3.66. The summed E-state index contributed by atoms with van der Waals surface area (Å²) in [6.07, 6.45) is 0. The minimum atomic E-state index is -0.0983. The summed E-state index contributed by atoms with van der Waals surface area (Å²) < 4.78 is 1.37. The van der Waals surface area contributed by atoms with Crippen molar-refractivity contribution in [1.29, 1.82) is 0 Å². The molecular weight excluding hydrogens is 611 g/mol. The third-order valence-electron chi connectivity index (χ3n) is 10.1. The number of rotatable bonds is 6. The van der Waals surface area contributed by atoms with E-state index in [2.05, 4.69) is 195 Å². The van der Waals surface area contributed by atoms with Gasteiger partial charge in [-0.1, -0.05) is 147 Å². The zero-order valence-corrected chi connectivity index (χ0v) is 28.4. The Hall–Kier alpha value is -5.70. The van der Waals surface area contributed by atoms with Crippen LogP contribution in [0.2, 0.25) is 0 Å². The molecule has 49 heavy (non-hydrogen) atoms. The van der Waals surface area contributed by atoms with Gasteiger partial charge in [0, 0.05) is 32.1 Å². The van der Waals surface area contributed by atoms with Gasteiger partial charge in [-0.3, -0.25) is 0 Å². The van der Waals surface area contributed by atoms with Crippen LogP contribution in [0, 0.1) is 0 Å². The molecule has 1 heterocycles. The number of hydrogen-bond acceptors (Lipinski definition) is 2. The van der Waals surface area contributed by atoms with Crippen LogP contribution in [0.4, 0.5) is 17.1 Å². The Morgan fingerprint density at radius 1 is 0.429 bits per heavy atom. The second-order valence-corrected chi connectivity index (χ2v) is 14.4. The molecule has 1 aliphatic carbocycles. The van der Waals surface area contributed by atoms with Crippen molar-refractivity contribution < 1.29 is 0 Å². The van der Waals surface area contributed by atoms with Crippen molar-refractivity contribution in [2.24, 2.45) is 0 Å². The first-order valence-electron chi connectivity index (χ1n) is 16.9. The molecule has 0 N–H and O–H groups in total. The topological polar surface area (TPSA) is 3.24 Å². The lowest BCUT2D eigenvalue weighted by atomic mass is 9.81. The van der Waals surface area contributed by atoms with Crippen LogP contribution in [-0.2, 0) is 5.41 Å². The largest absolute Gasteiger partial charge is 0.310 e. The van der Waals surface area contributed by atoms with Gasteiger partial charge in [0.15, 0.2) is 0 Å². The second kappa shape index (κ2) is 11.8. The highest BCUT2D eigenvalue weighted by molar-refractivity contribution is 7.22. The number of fused-ring (bicyclic) bond motifs is 5. The van der Waals surface area contributed by atoms with Gasteiger partial charge in [-0.05, 0) is 97.9 Å². The summed E-state index contributed by atoms with van der Waals surface area (Å²) in [5.41, 5.74) is 14.9. The first-order valence-corrected chi connectivity index (χ1v) is 17.7. The number of benzene rings is 7. The lowest BCUT2D eigenvalue weighted by molar-refractivity contribution is 0.667. The van der Waals surface area contributed by atoms with Gasteiger partial charge in [0.1, 0.15) is 0 Å². The van der Waals surface area contributed by atoms with Crippen LogP contribution >= 0.6 is 11.3 Å². The van der Waals surface area contributed by atoms with E-state index in [9.17, 15) is 0 Å². The third kappa shape index (κ3) is 5.08. The smallest absolute Gasteiger partial charge is 0.0465 e. The van der Waals surface area contributed by atoms with Gasteiger partial charge in [0.2, 0.25) is 0 Å². The van der Waals surface area contributed by atoms with Crippen LogP contribution in [0.1, 0.15) is 25.0 Å². The molecule has 0 aliphatic heterocycles. The zero-order chi connectivity index (χ0) is 33.0. The Kier molecular flexibility index (Phi) is 7.07. The molecule has 0 saturated carbocycles. The lowest BCUT2D eigenvalue weighted by Crippen LogP contribution is -2.16. The monoisotopic (exact) mass is 645 g/mol. The standard InChI is InChI=1S/C47H35NS/c1-47(2)43-31-40(29-30-41(43)46-45(47)42-15-9-10-16-44(42)49-46)48(38-25-21-36(22-26-38)33-13-7-4-8-14-33)39-27-23-37(24-28-39)35-19-17-34(18-20-35)32-11-5-3-6-12-32/h3-31H,1-2H3. The average molecular weight is 646 g/mol. The summed E-state index contributed by atoms with van der Waals surface area (Å²) in [6.45, 7) is 4.77. The minimum Gasteiger partial charge on any atom is -0.310 e. The molecule has 234 valence electrons. The summed E-state index contributed by atoms with van der Waals surface area (Å²) in [5.74, 6) is 0. The van der Waals surface area contributed by atoms with E-state index in [-0.39, 0.29) is 5.41 Å². The first-order chi connectivity index (χ1) is 24.0. The van der Waals surface area contributed by atoms with Crippen molar-refractivity contribution in [2.45, 2.75) is 19.3 Å². The molecule has 0 spiro atoms. The normalized spacial score (nSPS) is 12.9. The Morgan fingerprint density at radius 2 is 0.857 bits per heavy atom. The van der Waals surface area contributed by atoms with Crippen molar-refractivity contribution in [3.8, 4) is 43.8 Å². The predicted octanol–water partition coefficient (Wildman–Crippen LogP) is 13.7. The van der Waals surface area contributed by atoms with E-state index in [1.807, 2.05) is 11.3 Å². The summed E-state index contributed by atoms with van der Waals surface area (Å²) >= 11 is 1.92. The van der Waals surface area contributed by atoms with E-state index >= 15 is 0 Å². The maximum atomic E-state index is 2.43. The molecule has 0 amide bonds. The minimum absolute atomic E-state index is 0.0983. The van der Waals surface area contributed by atoms with Crippen molar-refractivity contribution in [2.75, 3.05) is 4.90 Å². The molecule has 0 bridgehead atoms. The van der Waals surface area contributed by atoms with Gasteiger partial charge < -0.3 is 4.90 Å². The molecule has 1 aliphatic rings. The molecule has 0 fully saturated rings. The van der Waals surface area contributed by atoms with Gasteiger partial charge in [-0.2, -0.15) is 0 Å². The lowest BCUT2D eigenvalue weighted by Gasteiger charge is -2.28. The maximum absolute atomic E-state index is 2.43. The molecule has 0 saturated heterocycles. The number of hydrogen-bond donors (Lipinski definition) is 0. The van der Waals surface area contributed by atoms with E-state index in [1.54, 1.807) is 0 Å². The molecular formula is C47H35NS. The highest BCUT2D eigenvalue weighted by atomic mass is 32.1. The van der Waals surface area contributed by atoms with Gasteiger partial charge in [-0.25, -0.2) is 0 Å². The van der Waals surface area contributed by atoms with Gasteiger partial charge in [0.05, 0.1) is 0 Å². The number of anilines is 3. The quantitative estimate of drug-likeness (QED) is 0.174. The Balaban J connectivity index is 1.11. The second-order valence-electron chi connectivity index (χ2n) is 13.4. The Morgan fingerprint density at radius 3 is 1.39 bits per heavy atom. The molecule has 7 aromatic carbocycles. The van der Waals surface area contributed by atoms with Crippen LogP contribution in [0.15, 0.2) is 176 Å². The van der Waals surface area contributed by atoms with E-state index in [4.69, 9.17) is 0 Å². The van der Waals surface area contributed by atoms with Crippen LogP contribution in [0.5, 0.6) is 0 Å². The Labute approximate surface area is 292 Å².